The Kier molecular flexibility index (Phi) is 6.05. The lowest BCUT2D eigenvalue weighted by atomic mass is 10.1. The molecule has 150 valence electrons. The fourth-order valence-corrected chi connectivity index (χ4v) is 3.57. The largest absolute Gasteiger partial charge is 0.387 e. The molecular formula is C18H22N4O5S. The average Bonchev–Trinajstić information content (AvgIpc) is 2.64. The van der Waals surface area contributed by atoms with Gasteiger partial charge in [-0.25, -0.2) is 12.7 Å². The number of hydrogen-bond donors (Lipinski definition) is 2. The van der Waals surface area contributed by atoms with Gasteiger partial charge in [0.05, 0.1) is 15.4 Å². The third-order valence-corrected chi connectivity index (χ3v) is 6.19. The molecule has 0 unspecified atom stereocenters. The predicted octanol–water partition coefficient (Wildman–Crippen LogP) is 2.76. The maximum atomic E-state index is 12.8. The van der Waals surface area contributed by atoms with Crippen molar-refractivity contribution in [2.45, 2.75) is 18.7 Å². The fraction of sp³-hybridized carbons (Fsp3) is 0.278. The van der Waals surface area contributed by atoms with Gasteiger partial charge in [0.1, 0.15) is 0 Å². The van der Waals surface area contributed by atoms with Crippen LogP contribution in [0.15, 0.2) is 35.2 Å². The second kappa shape index (κ2) is 7.95. The maximum absolute atomic E-state index is 12.8. The third-order valence-electron chi connectivity index (χ3n) is 4.40. The van der Waals surface area contributed by atoms with E-state index >= 15 is 0 Å². The number of nitrogens with zero attached hydrogens (tertiary/aromatic N) is 2. The van der Waals surface area contributed by atoms with Crippen molar-refractivity contribution in [3.05, 3.63) is 57.1 Å². The number of sulfonamides is 1. The van der Waals surface area contributed by atoms with E-state index in [1.54, 1.807) is 20.9 Å². The predicted molar refractivity (Wildman–Crippen MR) is 107 cm³/mol. The molecule has 0 aliphatic rings. The summed E-state index contributed by atoms with van der Waals surface area (Å²) in [7, 11) is 0.749. The molecule has 2 rings (SSSR count). The Hall–Kier alpha value is -2.98. The molecule has 0 heterocycles. The van der Waals surface area contributed by atoms with Gasteiger partial charge in [-0.3, -0.25) is 14.9 Å². The molecule has 0 spiro atoms. The van der Waals surface area contributed by atoms with Gasteiger partial charge >= 0.3 is 0 Å². The minimum atomic E-state index is -3.69. The molecule has 0 bridgehead atoms. The van der Waals surface area contributed by atoms with Gasteiger partial charge in [-0.05, 0) is 43.2 Å². The van der Waals surface area contributed by atoms with E-state index in [1.807, 2.05) is 0 Å². The van der Waals surface area contributed by atoms with Crippen LogP contribution in [0.3, 0.4) is 0 Å². The monoisotopic (exact) mass is 406 g/mol. The van der Waals surface area contributed by atoms with E-state index in [2.05, 4.69) is 10.6 Å². The molecular weight excluding hydrogens is 384 g/mol. The number of rotatable bonds is 6. The number of non-ortho nitro benzene ring substituents is 1. The second-order valence-electron chi connectivity index (χ2n) is 6.39. The number of carbonyl (C=O) groups is 1. The normalized spacial score (nSPS) is 11.4. The van der Waals surface area contributed by atoms with E-state index in [-0.39, 0.29) is 16.1 Å². The number of nitrogens with one attached hydrogen (secondary N) is 2. The molecule has 2 aromatic rings. The van der Waals surface area contributed by atoms with Crippen molar-refractivity contribution in [3.8, 4) is 0 Å². The van der Waals surface area contributed by atoms with Crippen LogP contribution in [0.2, 0.25) is 0 Å². The lowest BCUT2D eigenvalue weighted by molar-refractivity contribution is -0.384. The van der Waals surface area contributed by atoms with Crippen molar-refractivity contribution in [1.29, 1.82) is 0 Å². The molecule has 0 saturated heterocycles. The molecule has 0 fully saturated rings. The van der Waals surface area contributed by atoms with Gasteiger partial charge in [-0.1, -0.05) is 0 Å². The molecule has 0 atom stereocenters. The summed E-state index contributed by atoms with van der Waals surface area (Å²) in [5.74, 6) is -0.588. The highest BCUT2D eigenvalue weighted by Crippen LogP contribution is 2.28. The first-order chi connectivity index (χ1) is 13.0. The van der Waals surface area contributed by atoms with Crippen LogP contribution in [0.25, 0.3) is 0 Å². The molecule has 2 aromatic carbocycles. The molecule has 0 aliphatic carbocycles. The number of anilines is 2. The van der Waals surface area contributed by atoms with Crippen molar-refractivity contribution in [2.75, 3.05) is 31.8 Å². The highest BCUT2D eigenvalue weighted by Gasteiger charge is 2.22. The van der Waals surface area contributed by atoms with Crippen molar-refractivity contribution in [3.63, 3.8) is 0 Å². The van der Waals surface area contributed by atoms with Crippen LogP contribution in [0.4, 0.5) is 17.1 Å². The summed E-state index contributed by atoms with van der Waals surface area (Å²) in [6, 6.07) is 6.82. The number of amides is 1. The third kappa shape index (κ3) is 4.12. The first-order valence-electron chi connectivity index (χ1n) is 8.30. The summed E-state index contributed by atoms with van der Waals surface area (Å²) < 4.78 is 26.0. The van der Waals surface area contributed by atoms with Crippen molar-refractivity contribution in [2.24, 2.45) is 0 Å². The molecule has 1 amide bonds. The minimum absolute atomic E-state index is 0.0452. The zero-order valence-electron chi connectivity index (χ0n) is 16.2. The summed E-state index contributed by atoms with van der Waals surface area (Å²) in [5.41, 5.74) is 1.97. The lowest BCUT2D eigenvalue weighted by Gasteiger charge is -2.17. The van der Waals surface area contributed by atoms with Crippen LogP contribution in [0, 0.1) is 24.0 Å². The second-order valence-corrected chi connectivity index (χ2v) is 8.54. The number of hydrogen-bond acceptors (Lipinski definition) is 6. The standard InChI is InChI=1S/C18H22N4O5S/c1-11-8-14(28(26,27)21(4)5)10-17(12(11)2)20-18(23)15-9-13(22(24)25)6-7-16(15)19-3/h6-10,19H,1-5H3,(H,20,23). The van der Waals surface area contributed by atoms with E-state index in [9.17, 15) is 23.3 Å². The van der Waals surface area contributed by atoms with E-state index in [0.29, 0.717) is 22.5 Å². The van der Waals surface area contributed by atoms with E-state index in [4.69, 9.17) is 0 Å². The summed E-state index contributed by atoms with van der Waals surface area (Å²) >= 11 is 0. The maximum Gasteiger partial charge on any atom is 0.270 e. The van der Waals surface area contributed by atoms with Crippen LogP contribution >= 0.6 is 0 Å². The number of carbonyl (C=O) groups excluding carboxylic acids is 1. The van der Waals surface area contributed by atoms with Crippen LogP contribution in [0.1, 0.15) is 21.5 Å². The Morgan fingerprint density at radius 3 is 2.29 bits per heavy atom. The smallest absolute Gasteiger partial charge is 0.270 e. The van der Waals surface area contributed by atoms with Crippen molar-refractivity contribution in [1.82, 2.24) is 4.31 Å². The van der Waals surface area contributed by atoms with E-state index in [1.165, 1.54) is 44.4 Å². The van der Waals surface area contributed by atoms with Gasteiger partial charge in [0.15, 0.2) is 0 Å². The van der Waals surface area contributed by atoms with E-state index < -0.39 is 20.9 Å². The zero-order valence-corrected chi connectivity index (χ0v) is 17.0. The average molecular weight is 406 g/mol. The molecule has 28 heavy (non-hydrogen) atoms. The molecule has 9 nitrogen and oxygen atoms in total. The Morgan fingerprint density at radius 1 is 1.11 bits per heavy atom. The summed E-state index contributed by atoms with van der Waals surface area (Å²) in [4.78, 5) is 23.3. The molecule has 0 aromatic heterocycles. The summed E-state index contributed by atoms with van der Waals surface area (Å²) in [6.07, 6.45) is 0. The SMILES string of the molecule is CNc1ccc([N+](=O)[O-])cc1C(=O)Nc1cc(S(=O)(=O)N(C)C)cc(C)c1C. The Morgan fingerprint density at radius 2 is 1.75 bits per heavy atom. The molecule has 0 saturated carbocycles. The van der Waals surface area contributed by atoms with Gasteiger partial charge in [0.2, 0.25) is 10.0 Å². The van der Waals surface area contributed by atoms with Gasteiger partial charge < -0.3 is 10.6 Å². The summed E-state index contributed by atoms with van der Waals surface area (Å²) in [6.45, 7) is 3.50. The van der Waals surface area contributed by atoms with Crippen molar-refractivity contribution >= 4 is 33.0 Å². The first kappa shape index (κ1) is 21.3. The Balaban J connectivity index is 2.51. The van der Waals surface area contributed by atoms with Gasteiger partial charge in [0, 0.05) is 44.7 Å². The quantitative estimate of drug-likeness (QED) is 0.562. The molecule has 0 aliphatic heterocycles. The van der Waals surface area contributed by atoms with Crippen LogP contribution in [-0.4, -0.2) is 44.7 Å². The van der Waals surface area contributed by atoms with E-state index in [0.717, 1.165) is 4.31 Å². The highest BCUT2D eigenvalue weighted by atomic mass is 32.2. The lowest BCUT2D eigenvalue weighted by Crippen LogP contribution is -2.23. The van der Waals surface area contributed by atoms with Crippen molar-refractivity contribution < 1.29 is 18.1 Å². The number of aryl methyl sites for hydroxylation is 1. The molecule has 2 N–H and O–H groups in total. The number of nitro groups is 1. The van der Waals surface area contributed by atoms with Crippen LogP contribution in [-0.2, 0) is 10.0 Å². The number of benzene rings is 2. The molecule has 0 radical (unpaired) electrons. The molecule has 10 heteroatoms. The van der Waals surface area contributed by atoms with Gasteiger partial charge in [-0.2, -0.15) is 0 Å². The topological polar surface area (TPSA) is 122 Å². The minimum Gasteiger partial charge on any atom is -0.387 e. The highest BCUT2D eigenvalue weighted by molar-refractivity contribution is 7.89. The van der Waals surface area contributed by atoms with Gasteiger partial charge in [0.25, 0.3) is 11.6 Å². The fourth-order valence-electron chi connectivity index (χ4n) is 2.56. The van der Waals surface area contributed by atoms with Crippen LogP contribution in [0.5, 0.6) is 0 Å². The zero-order chi connectivity index (χ0) is 21.2. The Labute approximate surface area is 163 Å². The summed E-state index contributed by atoms with van der Waals surface area (Å²) in [5, 5.41) is 16.5. The van der Waals surface area contributed by atoms with Crippen LogP contribution < -0.4 is 10.6 Å². The number of nitro benzene ring substituents is 1. The first-order valence-corrected chi connectivity index (χ1v) is 9.74. The van der Waals surface area contributed by atoms with Gasteiger partial charge in [-0.15, -0.1) is 0 Å². The Bertz CT molecular complexity index is 1050.